The first-order valence-electron chi connectivity index (χ1n) is 5.91. The van der Waals surface area contributed by atoms with Crippen LogP contribution in [0, 0.1) is 5.41 Å². The quantitative estimate of drug-likeness (QED) is 0.863. The first kappa shape index (κ1) is 13.9. The first-order chi connectivity index (χ1) is 8.83. The van der Waals surface area contributed by atoms with Gasteiger partial charge in [0.15, 0.2) is 0 Å². The molecule has 19 heavy (non-hydrogen) atoms. The minimum Gasteiger partial charge on any atom is -0.507 e. The molecule has 1 aliphatic rings. The van der Waals surface area contributed by atoms with Crippen LogP contribution in [0.4, 0.5) is 0 Å². The van der Waals surface area contributed by atoms with E-state index in [2.05, 4.69) is 15.9 Å². The Morgan fingerprint density at radius 2 is 2.16 bits per heavy atom. The van der Waals surface area contributed by atoms with Crippen molar-refractivity contribution in [1.82, 2.24) is 4.90 Å². The van der Waals surface area contributed by atoms with Crippen molar-refractivity contribution in [1.29, 1.82) is 0 Å². The second-order valence-corrected chi connectivity index (χ2v) is 5.98. The zero-order chi connectivity index (χ0) is 14.2. The molecule has 0 radical (unpaired) electrons. The van der Waals surface area contributed by atoms with Crippen LogP contribution in [0.1, 0.15) is 23.7 Å². The van der Waals surface area contributed by atoms with Crippen LogP contribution in [0.5, 0.6) is 5.75 Å². The Balaban J connectivity index is 2.22. The van der Waals surface area contributed by atoms with Crippen LogP contribution in [0.15, 0.2) is 22.7 Å². The summed E-state index contributed by atoms with van der Waals surface area (Å²) in [6.45, 7) is 2.50. The molecule has 0 aliphatic carbocycles. The number of carbonyl (C=O) groups excluding carboxylic acids is 2. The van der Waals surface area contributed by atoms with E-state index in [0.29, 0.717) is 17.4 Å². The fourth-order valence-corrected chi connectivity index (χ4v) is 2.55. The predicted octanol–water partition coefficient (Wildman–Crippen LogP) is 1.49. The average molecular weight is 327 g/mol. The van der Waals surface area contributed by atoms with Gasteiger partial charge < -0.3 is 15.7 Å². The molecule has 0 saturated carbocycles. The van der Waals surface area contributed by atoms with Gasteiger partial charge >= 0.3 is 0 Å². The maximum Gasteiger partial charge on any atom is 0.257 e. The van der Waals surface area contributed by atoms with Gasteiger partial charge in [0, 0.05) is 17.6 Å². The zero-order valence-corrected chi connectivity index (χ0v) is 12.1. The standard InChI is InChI=1S/C13H15BrN2O3/c1-13(12(15)19)4-5-16(7-13)11(18)9-6-8(14)2-3-10(9)17/h2-3,6,17H,4-5,7H2,1H3,(H2,15,19). The van der Waals surface area contributed by atoms with Crippen LogP contribution in [-0.2, 0) is 4.79 Å². The largest absolute Gasteiger partial charge is 0.507 e. The number of nitrogens with zero attached hydrogens (tertiary/aromatic N) is 1. The second-order valence-electron chi connectivity index (χ2n) is 5.06. The third kappa shape index (κ3) is 2.58. The molecular formula is C13H15BrN2O3. The van der Waals surface area contributed by atoms with Crippen molar-refractivity contribution in [2.75, 3.05) is 13.1 Å². The lowest BCUT2D eigenvalue weighted by atomic mass is 9.89. The Morgan fingerprint density at radius 3 is 2.74 bits per heavy atom. The van der Waals surface area contributed by atoms with Gasteiger partial charge in [0.05, 0.1) is 11.0 Å². The number of hydrogen-bond acceptors (Lipinski definition) is 3. The van der Waals surface area contributed by atoms with E-state index in [1.165, 1.54) is 6.07 Å². The second kappa shape index (κ2) is 4.85. The van der Waals surface area contributed by atoms with E-state index in [0.717, 1.165) is 0 Å². The van der Waals surface area contributed by atoms with Crippen molar-refractivity contribution in [3.8, 4) is 5.75 Å². The van der Waals surface area contributed by atoms with E-state index in [9.17, 15) is 14.7 Å². The van der Waals surface area contributed by atoms with Crippen LogP contribution in [0.3, 0.4) is 0 Å². The Labute approximate surface area is 119 Å². The lowest BCUT2D eigenvalue weighted by molar-refractivity contribution is -0.126. The van der Waals surface area contributed by atoms with Gasteiger partial charge in [-0.3, -0.25) is 9.59 Å². The number of primary amides is 1. The number of likely N-dealkylation sites (tertiary alicyclic amines) is 1. The van der Waals surface area contributed by atoms with Gasteiger partial charge in [-0.15, -0.1) is 0 Å². The Hall–Kier alpha value is -1.56. The zero-order valence-electron chi connectivity index (χ0n) is 10.5. The molecule has 3 N–H and O–H groups in total. The number of phenols is 1. The molecule has 5 nitrogen and oxygen atoms in total. The van der Waals surface area contributed by atoms with Gasteiger partial charge in [-0.25, -0.2) is 0 Å². The summed E-state index contributed by atoms with van der Waals surface area (Å²) in [4.78, 5) is 25.2. The van der Waals surface area contributed by atoms with E-state index in [-0.39, 0.29) is 23.8 Å². The fourth-order valence-electron chi connectivity index (χ4n) is 2.19. The maximum absolute atomic E-state index is 12.3. The highest BCUT2D eigenvalue weighted by Gasteiger charge is 2.41. The monoisotopic (exact) mass is 326 g/mol. The molecule has 2 amide bonds. The third-order valence-electron chi connectivity index (χ3n) is 3.54. The van der Waals surface area contributed by atoms with Crippen molar-refractivity contribution in [3.05, 3.63) is 28.2 Å². The minimum atomic E-state index is -0.683. The number of carbonyl (C=O) groups is 2. The number of rotatable bonds is 2. The maximum atomic E-state index is 12.3. The van der Waals surface area contributed by atoms with E-state index in [1.54, 1.807) is 24.0 Å². The SMILES string of the molecule is CC1(C(N)=O)CCN(C(=O)c2cc(Br)ccc2O)C1. The van der Waals surface area contributed by atoms with Crippen molar-refractivity contribution < 1.29 is 14.7 Å². The van der Waals surface area contributed by atoms with Crippen molar-refractivity contribution in [2.24, 2.45) is 11.1 Å². The molecule has 0 aromatic heterocycles. The van der Waals surface area contributed by atoms with Gasteiger partial charge in [0.25, 0.3) is 5.91 Å². The highest BCUT2D eigenvalue weighted by Crippen LogP contribution is 2.32. The number of aromatic hydroxyl groups is 1. The summed E-state index contributed by atoms with van der Waals surface area (Å²) in [6, 6.07) is 4.68. The highest BCUT2D eigenvalue weighted by molar-refractivity contribution is 9.10. The smallest absolute Gasteiger partial charge is 0.257 e. The summed E-state index contributed by atoms with van der Waals surface area (Å²) in [5.74, 6) is -0.758. The highest BCUT2D eigenvalue weighted by atomic mass is 79.9. The summed E-state index contributed by atoms with van der Waals surface area (Å²) in [7, 11) is 0. The number of benzene rings is 1. The molecule has 6 heteroatoms. The molecular weight excluding hydrogens is 312 g/mol. The predicted molar refractivity (Wildman–Crippen MR) is 73.6 cm³/mol. The van der Waals surface area contributed by atoms with Gasteiger partial charge in [0.2, 0.25) is 5.91 Å². The number of halogens is 1. The molecule has 1 heterocycles. The van der Waals surface area contributed by atoms with Crippen LogP contribution in [0.25, 0.3) is 0 Å². The Morgan fingerprint density at radius 1 is 1.47 bits per heavy atom. The molecule has 1 aromatic rings. The van der Waals surface area contributed by atoms with E-state index in [1.807, 2.05) is 0 Å². The molecule has 1 atom stereocenters. The summed E-state index contributed by atoms with van der Waals surface area (Å²) >= 11 is 3.26. The molecule has 1 aromatic carbocycles. The van der Waals surface area contributed by atoms with Crippen molar-refractivity contribution in [2.45, 2.75) is 13.3 Å². The summed E-state index contributed by atoms with van der Waals surface area (Å²) < 4.78 is 0.713. The fraction of sp³-hybridized carbons (Fsp3) is 0.385. The molecule has 1 aliphatic heterocycles. The molecule has 102 valence electrons. The first-order valence-corrected chi connectivity index (χ1v) is 6.70. The van der Waals surface area contributed by atoms with E-state index < -0.39 is 11.3 Å². The molecule has 1 unspecified atom stereocenters. The average Bonchev–Trinajstić information content (AvgIpc) is 2.76. The number of nitrogens with two attached hydrogens (primary N) is 1. The van der Waals surface area contributed by atoms with Crippen molar-refractivity contribution >= 4 is 27.7 Å². The summed E-state index contributed by atoms with van der Waals surface area (Å²) in [6.07, 6.45) is 0.544. The third-order valence-corrected chi connectivity index (χ3v) is 4.04. The van der Waals surface area contributed by atoms with E-state index in [4.69, 9.17) is 5.73 Å². The normalized spacial score (nSPS) is 22.5. The molecule has 1 fully saturated rings. The summed E-state index contributed by atoms with van der Waals surface area (Å²) in [5.41, 5.74) is 4.90. The number of phenolic OH excluding ortho intramolecular Hbond substituents is 1. The van der Waals surface area contributed by atoms with Crippen LogP contribution < -0.4 is 5.73 Å². The van der Waals surface area contributed by atoms with Gasteiger partial charge in [-0.1, -0.05) is 15.9 Å². The van der Waals surface area contributed by atoms with Gasteiger partial charge in [0.1, 0.15) is 5.75 Å². The molecule has 2 rings (SSSR count). The minimum absolute atomic E-state index is 0.0686. The van der Waals surface area contributed by atoms with Gasteiger partial charge in [-0.2, -0.15) is 0 Å². The van der Waals surface area contributed by atoms with Crippen LogP contribution in [-0.4, -0.2) is 34.9 Å². The van der Waals surface area contributed by atoms with E-state index >= 15 is 0 Å². The Bertz CT molecular complexity index is 547. The number of amides is 2. The topological polar surface area (TPSA) is 83.6 Å². The van der Waals surface area contributed by atoms with Crippen LogP contribution in [0.2, 0.25) is 0 Å². The van der Waals surface area contributed by atoms with Crippen LogP contribution >= 0.6 is 15.9 Å². The molecule has 0 spiro atoms. The molecule has 1 saturated heterocycles. The molecule has 0 bridgehead atoms. The number of hydrogen-bond donors (Lipinski definition) is 2. The Kier molecular flexibility index (Phi) is 3.54. The lowest BCUT2D eigenvalue weighted by Crippen LogP contribution is -2.38. The van der Waals surface area contributed by atoms with Gasteiger partial charge in [-0.05, 0) is 31.5 Å². The van der Waals surface area contributed by atoms with Crippen molar-refractivity contribution in [3.63, 3.8) is 0 Å². The summed E-state index contributed by atoms with van der Waals surface area (Å²) in [5, 5.41) is 9.75. The lowest BCUT2D eigenvalue weighted by Gasteiger charge is -2.21.